The van der Waals surface area contributed by atoms with E-state index in [9.17, 15) is 4.79 Å². The largest absolute Gasteiger partial charge is 0.378 e. The summed E-state index contributed by atoms with van der Waals surface area (Å²) in [6.07, 6.45) is 3.49. The molecule has 138 valence electrons. The number of rotatable bonds is 6. The molecule has 0 radical (unpaired) electrons. The molecule has 0 fully saturated rings. The summed E-state index contributed by atoms with van der Waals surface area (Å²) in [5, 5.41) is 6.00. The van der Waals surface area contributed by atoms with Crippen molar-refractivity contribution in [3.8, 4) is 0 Å². The normalized spacial score (nSPS) is 10.3. The Balaban J connectivity index is 1.69. The number of aromatic nitrogens is 3. The van der Waals surface area contributed by atoms with E-state index in [0.29, 0.717) is 29.6 Å². The van der Waals surface area contributed by atoms with Crippen molar-refractivity contribution >= 4 is 23.2 Å². The van der Waals surface area contributed by atoms with E-state index in [1.807, 2.05) is 62.3 Å². The van der Waals surface area contributed by atoms with Crippen molar-refractivity contribution in [1.29, 1.82) is 0 Å². The Labute approximate surface area is 158 Å². The number of amides is 1. The lowest BCUT2D eigenvalue weighted by Crippen LogP contribution is -2.16. The number of hydrogen-bond donors (Lipinski definition) is 2. The predicted molar refractivity (Wildman–Crippen MR) is 107 cm³/mol. The van der Waals surface area contributed by atoms with Crippen LogP contribution in [0.2, 0.25) is 0 Å². The maximum absolute atomic E-state index is 12.6. The summed E-state index contributed by atoms with van der Waals surface area (Å²) in [7, 11) is 3.94. The molecular formula is C20H22N6O. The van der Waals surface area contributed by atoms with Crippen LogP contribution in [-0.4, -0.2) is 35.0 Å². The predicted octanol–water partition coefficient (Wildman–Crippen LogP) is 3.11. The van der Waals surface area contributed by atoms with Crippen molar-refractivity contribution in [3.63, 3.8) is 0 Å². The molecule has 2 aromatic heterocycles. The summed E-state index contributed by atoms with van der Waals surface area (Å²) < 4.78 is 0. The standard InChI is InChI=1S/C20H22N6O/c1-14-11-18(19(27)24-16-6-8-17(9-7-16)26(2)3)25-20(23-14)22-13-15-5-4-10-21-12-15/h4-12H,13H2,1-3H3,(H,24,27)(H,22,23,25). The number of pyridine rings is 1. The van der Waals surface area contributed by atoms with E-state index in [4.69, 9.17) is 0 Å². The van der Waals surface area contributed by atoms with Gasteiger partial charge in [0.05, 0.1) is 0 Å². The fourth-order valence-corrected chi connectivity index (χ4v) is 2.49. The number of carbonyl (C=O) groups excluding carboxylic acids is 1. The van der Waals surface area contributed by atoms with Crippen LogP contribution in [0.25, 0.3) is 0 Å². The van der Waals surface area contributed by atoms with Gasteiger partial charge in [-0.3, -0.25) is 9.78 Å². The molecule has 3 rings (SSSR count). The van der Waals surface area contributed by atoms with Gasteiger partial charge in [-0.15, -0.1) is 0 Å². The second-order valence-electron chi connectivity index (χ2n) is 6.33. The number of benzene rings is 1. The van der Waals surface area contributed by atoms with Crippen LogP contribution in [-0.2, 0) is 6.54 Å². The molecule has 0 aliphatic carbocycles. The maximum atomic E-state index is 12.6. The second-order valence-corrected chi connectivity index (χ2v) is 6.33. The summed E-state index contributed by atoms with van der Waals surface area (Å²) in [6.45, 7) is 2.37. The van der Waals surface area contributed by atoms with Gasteiger partial charge in [-0.2, -0.15) is 0 Å². The first-order valence-electron chi connectivity index (χ1n) is 8.58. The number of carbonyl (C=O) groups is 1. The van der Waals surface area contributed by atoms with Gasteiger partial charge in [-0.1, -0.05) is 6.07 Å². The van der Waals surface area contributed by atoms with E-state index >= 15 is 0 Å². The molecule has 0 saturated heterocycles. The molecular weight excluding hydrogens is 340 g/mol. The molecule has 3 aromatic rings. The van der Waals surface area contributed by atoms with E-state index in [1.54, 1.807) is 18.5 Å². The van der Waals surface area contributed by atoms with Crippen LogP contribution in [0, 0.1) is 6.92 Å². The van der Waals surface area contributed by atoms with E-state index in [1.165, 1.54) is 0 Å². The number of nitrogens with one attached hydrogen (secondary N) is 2. The van der Waals surface area contributed by atoms with Gasteiger partial charge in [0.2, 0.25) is 5.95 Å². The average Bonchev–Trinajstić information content (AvgIpc) is 2.67. The van der Waals surface area contributed by atoms with Crippen LogP contribution in [0.3, 0.4) is 0 Å². The van der Waals surface area contributed by atoms with Gasteiger partial charge in [0.1, 0.15) is 5.69 Å². The highest BCUT2D eigenvalue weighted by molar-refractivity contribution is 6.03. The van der Waals surface area contributed by atoms with Gasteiger partial charge < -0.3 is 15.5 Å². The number of nitrogens with zero attached hydrogens (tertiary/aromatic N) is 4. The Morgan fingerprint density at radius 1 is 1.11 bits per heavy atom. The quantitative estimate of drug-likeness (QED) is 0.701. The zero-order valence-electron chi connectivity index (χ0n) is 15.6. The molecule has 0 atom stereocenters. The Morgan fingerprint density at radius 2 is 1.89 bits per heavy atom. The van der Waals surface area contributed by atoms with Gasteiger partial charge in [-0.25, -0.2) is 9.97 Å². The first-order valence-corrected chi connectivity index (χ1v) is 8.58. The number of hydrogen-bond acceptors (Lipinski definition) is 6. The third-order valence-corrected chi connectivity index (χ3v) is 3.90. The topological polar surface area (TPSA) is 83.0 Å². The van der Waals surface area contributed by atoms with E-state index in [2.05, 4.69) is 25.6 Å². The maximum Gasteiger partial charge on any atom is 0.274 e. The molecule has 2 N–H and O–H groups in total. The Bertz CT molecular complexity index is 910. The molecule has 0 aliphatic rings. The highest BCUT2D eigenvalue weighted by Gasteiger charge is 2.11. The van der Waals surface area contributed by atoms with Crippen LogP contribution in [0.4, 0.5) is 17.3 Å². The van der Waals surface area contributed by atoms with E-state index in [0.717, 1.165) is 11.3 Å². The van der Waals surface area contributed by atoms with Crippen molar-refractivity contribution < 1.29 is 4.79 Å². The van der Waals surface area contributed by atoms with Crippen molar-refractivity contribution in [3.05, 3.63) is 71.8 Å². The molecule has 0 saturated carbocycles. The van der Waals surface area contributed by atoms with E-state index in [-0.39, 0.29) is 5.91 Å². The lowest BCUT2D eigenvalue weighted by Gasteiger charge is -2.13. The Kier molecular flexibility index (Phi) is 5.61. The molecule has 27 heavy (non-hydrogen) atoms. The van der Waals surface area contributed by atoms with Crippen LogP contribution < -0.4 is 15.5 Å². The second kappa shape index (κ2) is 8.27. The van der Waals surface area contributed by atoms with E-state index < -0.39 is 0 Å². The third-order valence-electron chi connectivity index (χ3n) is 3.90. The van der Waals surface area contributed by atoms with Crippen molar-refractivity contribution in [1.82, 2.24) is 15.0 Å². The van der Waals surface area contributed by atoms with Gasteiger partial charge >= 0.3 is 0 Å². The van der Waals surface area contributed by atoms with Gasteiger partial charge in [-0.05, 0) is 48.9 Å². The van der Waals surface area contributed by atoms with Crippen molar-refractivity contribution in [2.45, 2.75) is 13.5 Å². The first kappa shape index (κ1) is 18.3. The van der Waals surface area contributed by atoms with Crippen LogP contribution in [0.5, 0.6) is 0 Å². The molecule has 0 spiro atoms. The third kappa shape index (κ3) is 5.01. The molecule has 7 nitrogen and oxygen atoms in total. The number of anilines is 3. The average molecular weight is 362 g/mol. The van der Waals surface area contributed by atoms with Crippen LogP contribution >= 0.6 is 0 Å². The molecule has 0 aliphatic heterocycles. The molecule has 1 amide bonds. The fourth-order valence-electron chi connectivity index (χ4n) is 2.49. The molecule has 7 heteroatoms. The minimum atomic E-state index is -0.275. The lowest BCUT2D eigenvalue weighted by atomic mass is 10.2. The monoisotopic (exact) mass is 362 g/mol. The minimum absolute atomic E-state index is 0.275. The molecule has 2 heterocycles. The van der Waals surface area contributed by atoms with Crippen molar-refractivity contribution in [2.24, 2.45) is 0 Å². The summed E-state index contributed by atoms with van der Waals surface area (Å²) in [6, 6.07) is 13.1. The van der Waals surface area contributed by atoms with Gasteiger partial charge in [0.15, 0.2) is 0 Å². The summed E-state index contributed by atoms with van der Waals surface area (Å²) in [4.78, 5) is 27.3. The highest BCUT2D eigenvalue weighted by Crippen LogP contribution is 2.16. The summed E-state index contributed by atoms with van der Waals surface area (Å²) in [5.41, 5.74) is 3.81. The number of aryl methyl sites for hydroxylation is 1. The molecule has 0 unspecified atom stereocenters. The highest BCUT2D eigenvalue weighted by atomic mass is 16.1. The zero-order valence-corrected chi connectivity index (χ0v) is 15.6. The summed E-state index contributed by atoms with van der Waals surface area (Å²) >= 11 is 0. The summed E-state index contributed by atoms with van der Waals surface area (Å²) in [5.74, 6) is 0.134. The van der Waals surface area contributed by atoms with Crippen LogP contribution in [0.15, 0.2) is 54.9 Å². The lowest BCUT2D eigenvalue weighted by molar-refractivity contribution is 0.102. The van der Waals surface area contributed by atoms with Gasteiger partial charge in [0.25, 0.3) is 5.91 Å². The van der Waals surface area contributed by atoms with Crippen LogP contribution in [0.1, 0.15) is 21.7 Å². The Hall–Kier alpha value is -3.48. The SMILES string of the molecule is Cc1cc(C(=O)Nc2ccc(N(C)C)cc2)nc(NCc2cccnc2)n1. The van der Waals surface area contributed by atoms with Crippen molar-refractivity contribution in [2.75, 3.05) is 29.6 Å². The Morgan fingerprint density at radius 3 is 2.56 bits per heavy atom. The minimum Gasteiger partial charge on any atom is -0.378 e. The molecule has 1 aromatic carbocycles. The van der Waals surface area contributed by atoms with Gasteiger partial charge in [0, 0.05) is 50.1 Å². The molecule has 0 bridgehead atoms. The first-order chi connectivity index (χ1) is 13.0. The fraction of sp³-hybridized carbons (Fsp3) is 0.200. The zero-order chi connectivity index (χ0) is 19.2. The smallest absolute Gasteiger partial charge is 0.274 e.